The van der Waals surface area contributed by atoms with Crippen LogP contribution in [-0.4, -0.2) is 40.6 Å². The molecule has 1 heterocycles. The molecule has 3 rings (SSSR count). The van der Waals surface area contributed by atoms with E-state index in [1.54, 1.807) is 19.2 Å². The van der Waals surface area contributed by atoms with E-state index in [9.17, 15) is 9.59 Å². The molecule has 0 spiro atoms. The fourth-order valence-corrected chi connectivity index (χ4v) is 3.64. The van der Waals surface area contributed by atoms with Crippen molar-refractivity contribution >= 4 is 17.7 Å². The highest BCUT2D eigenvalue weighted by Crippen LogP contribution is 2.35. The lowest BCUT2D eigenvalue weighted by Gasteiger charge is -2.23. The van der Waals surface area contributed by atoms with Gasteiger partial charge in [-0.15, -0.1) is 0 Å². The van der Waals surface area contributed by atoms with Crippen molar-refractivity contribution in [3.05, 3.63) is 58.8 Å². The van der Waals surface area contributed by atoms with Crippen LogP contribution in [0.3, 0.4) is 0 Å². The first kappa shape index (κ1) is 27.7. The van der Waals surface area contributed by atoms with Gasteiger partial charge in [-0.2, -0.15) is 0 Å². The Kier molecular flexibility index (Phi) is 7.95. The van der Waals surface area contributed by atoms with E-state index >= 15 is 0 Å². The molecule has 3 aromatic rings. The maximum absolute atomic E-state index is 13.3. The van der Waals surface area contributed by atoms with Crippen molar-refractivity contribution in [3.63, 3.8) is 0 Å². The largest absolute Gasteiger partial charge is 0.494 e. The van der Waals surface area contributed by atoms with E-state index in [4.69, 9.17) is 9.47 Å². The Morgan fingerprint density at radius 1 is 1.00 bits per heavy atom. The van der Waals surface area contributed by atoms with E-state index in [0.29, 0.717) is 29.2 Å². The number of methoxy groups -OCH3 is 1. The molecular weight excluding hydrogens is 470 g/mol. The summed E-state index contributed by atoms with van der Waals surface area (Å²) < 4.78 is 12.3. The van der Waals surface area contributed by atoms with Gasteiger partial charge in [0.05, 0.1) is 24.7 Å². The summed E-state index contributed by atoms with van der Waals surface area (Å²) in [5.74, 6) is 0.388. The van der Waals surface area contributed by atoms with Crippen molar-refractivity contribution < 1.29 is 19.1 Å². The molecule has 2 N–H and O–H groups in total. The summed E-state index contributed by atoms with van der Waals surface area (Å²) in [6.45, 7) is 16.7. The van der Waals surface area contributed by atoms with Crippen molar-refractivity contribution in [2.75, 3.05) is 19.0 Å². The number of aryl methyl sites for hydroxylation is 2. The Morgan fingerprint density at radius 2 is 1.70 bits per heavy atom. The van der Waals surface area contributed by atoms with Crippen LogP contribution in [0.2, 0.25) is 0 Å². The van der Waals surface area contributed by atoms with E-state index in [0.717, 1.165) is 16.7 Å². The first-order chi connectivity index (χ1) is 17.2. The Labute approximate surface area is 218 Å². The summed E-state index contributed by atoms with van der Waals surface area (Å²) in [5, 5.41) is 13.7. The molecule has 0 fully saturated rings. The zero-order valence-electron chi connectivity index (χ0n) is 23.1. The van der Waals surface area contributed by atoms with Gasteiger partial charge in [0.25, 0.3) is 11.8 Å². The van der Waals surface area contributed by atoms with Gasteiger partial charge in [0, 0.05) is 12.1 Å². The summed E-state index contributed by atoms with van der Waals surface area (Å²) in [6, 6.07) is 9.32. The van der Waals surface area contributed by atoms with Crippen LogP contribution in [-0.2, 0) is 5.41 Å². The van der Waals surface area contributed by atoms with Gasteiger partial charge >= 0.3 is 6.09 Å². The van der Waals surface area contributed by atoms with Crippen molar-refractivity contribution in [3.8, 4) is 17.3 Å². The molecule has 9 heteroatoms. The van der Waals surface area contributed by atoms with E-state index in [2.05, 4.69) is 47.8 Å². The number of hydrogen-bond donors (Lipinski definition) is 2. The standard InChI is InChI=1S/C28H37N5O4/c1-17-10-11-19(25(34)30-21-14-20(28(6,7)8)12-18(2)24(21)36-9)13-22(17)33-15-23(31-32-33)37-26(35)29-16-27(3,4)5/h10-15H,16H2,1-9H3,(H,29,35)(H,30,34). The molecule has 0 aliphatic heterocycles. The number of carbonyl (C=O) groups is 2. The SMILES string of the molecule is COc1c(C)cc(C(C)(C)C)cc1NC(=O)c1ccc(C)c(-n2cc(OC(=O)NCC(C)(C)C)nn2)c1. The highest BCUT2D eigenvalue weighted by molar-refractivity contribution is 6.05. The number of carbonyl (C=O) groups excluding carboxylic acids is 2. The highest BCUT2D eigenvalue weighted by Gasteiger charge is 2.20. The summed E-state index contributed by atoms with van der Waals surface area (Å²) in [6.07, 6.45) is 0.897. The maximum atomic E-state index is 13.3. The van der Waals surface area contributed by atoms with E-state index < -0.39 is 6.09 Å². The van der Waals surface area contributed by atoms with Crippen LogP contribution >= 0.6 is 0 Å². The van der Waals surface area contributed by atoms with Gasteiger partial charge in [-0.05, 0) is 59.6 Å². The Balaban J connectivity index is 1.83. The fraction of sp³-hybridized carbons (Fsp3) is 0.429. The molecule has 0 atom stereocenters. The number of rotatable bonds is 6. The first-order valence-electron chi connectivity index (χ1n) is 12.2. The lowest BCUT2D eigenvalue weighted by molar-refractivity contribution is 0.102. The van der Waals surface area contributed by atoms with Gasteiger partial charge in [0.15, 0.2) is 0 Å². The Hall–Kier alpha value is -3.88. The number of amides is 2. The number of nitrogens with one attached hydrogen (secondary N) is 2. The van der Waals surface area contributed by atoms with Gasteiger partial charge in [0.2, 0.25) is 0 Å². The lowest BCUT2D eigenvalue weighted by atomic mass is 9.85. The number of ether oxygens (including phenoxy) is 2. The minimum absolute atomic E-state index is 0.0554. The first-order valence-corrected chi connectivity index (χ1v) is 12.2. The molecule has 1 aromatic heterocycles. The molecule has 2 aromatic carbocycles. The van der Waals surface area contributed by atoms with Gasteiger partial charge in [-0.1, -0.05) is 64.0 Å². The highest BCUT2D eigenvalue weighted by atomic mass is 16.6. The fourth-order valence-electron chi connectivity index (χ4n) is 3.64. The second kappa shape index (κ2) is 10.6. The molecule has 0 saturated carbocycles. The zero-order valence-corrected chi connectivity index (χ0v) is 23.1. The molecule has 0 aliphatic carbocycles. The maximum Gasteiger partial charge on any atom is 0.414 e. The molecule has 198 valence electrons. The topological polar surface area (TPSA) is 107 Å². The minimum Gasteiger partial charge on any atom is -0.494 e. The van der Waals surface area contributed by atoms with Crippen LogP contribution in [0.1, 0.15) is 68.6 Å². The number of benzene rings is 2. The summed E-state index contributed by atoms with van der Waals surface area (Å²) >= 11 is 0. The number of nitrogens with zero attached hydrogens (tertiary/aromatic N) is 3. The van der Waals surface area contributed by atoms with Crippen molar-refractivity contribution in [1.82, 2.24) is 20.3 Å². The van der Waals surface area contributed by atoms with Crippen LogP contribution in [0.25, 0.3) is 5.69 Å². The molecule has 0 saturated heterocycles. The van der Waals surface area contributed by atoms with Gasteiger partial charge < -0.3 is 20.1 Å². The third-order valence-electron chi connectivity index (χ3n) is 5.74. The smallest absolute Gasteiger partial charge is 0.414 e. The van der Waals surface area contributed by atoms with Crippen LogP contribution < -0.4 is 20.1 Å². The molecule has 0 aliphatic rings. The molecule has 37 heavy (non-hydrogen) atoms. The summed E-state index contributed by atoms with van der Waals surface area (Å²) in [4.78, 5) is 25.3. The van der Waals surface area contributed by atoms with Crippen LogP contribution in [0.5, 0.6) is 11.6 Å². The van der Waals surface area contributed by atoms with E-state index in [1.165, 1.54) is 10.9 Å². The average Bonchev–Trinajstić information content (AvgIpc) is 3.24. The van der Waals surface area contributed by atoms with Gasteiger partial charge in [0.1, 0.15) is 5.75 Å². The monoisotopic (exact) mass is 507 g/mol. The minimum atomic E-state index is -0.603. The summed E-state index contributed by atoms with van der Waals surface area (Å²) in [7, 11) is 1.59. The molecule has 0 radical (unpaired) electrons. The second-order valence-corrected chi connectivity index (χ2v) is 11.4. The summed E-state index contributed by atoms with van der Waals surface area (Å²) in [5.41, 5.74) is 4.41. The van der Waals surface area contributed by atoms with E-state index in [1.807, 2.05) is 46.8 Å². The Bertz CT molecular complexity index is 1300. The number of hydrogen-bond acceptors (Lipinski definition) is 6. The van der Waals surface area contributed by atoms with Crippen LogP contribution in [0, 0.1) is 19.3 Å². The number of aromatic nitrogens is 3. The van der Waals surface area contributed by atoms with Crippen molar-refractivity contribution in [1.29, 1.82) is 0 Å². The van der Waals surface area contributed by atoms with Gasteiger partial charge in [-0.3, -0.25) is 4.79 Å². The Morgan fingerprint density at radius 3 is 2.32 bits per heavy atom. The molecule has 0 unspecified atom stereocenters. The molecule has 0 bridgehead atoms. The predicted molar refractivity (Wildman–Crippen MR) is 144 cm³/mol. The van der Waals surface area contributed by atoms with E-state index in [-0.39, 0.29) is 22.6 Å². The third-order valence-corrected chi connectivity index (χ3v) is 5.74. The van der Waals surface area contributed by atoms with Crippen molar-refractivity contribution in [2.45, 2.75) is 60.8 Å². The van der Waals surface area contributed by atoms with Gasteiger partial charge in [-0.25, -0.2) is 9.48 Å². The van der Waals surface area contributed by atoms with Crippen LogP contribution in [0.15, 0.2) is 36.5 Å². The average molecular weight is 508 g/mol. The lowest BCUT2D eigenvalue weighted by Crippen LogP contribution is -2.34. The molecular formula is C28H37N5O4. The second-order valence-electron chi connectivity index (χ2n) is 11.4. The molecule has 2 amide bonds. The normalized spacial score (nSPS) is 11.7. The number of anilines is 1. The predicted octanol–water partition coefficient (Wildman–Crippen LogP) is 5.58. The third kappa shape index (κ3) is 7.09. The quantitative estimate of drug-likeness (QED) is 0.451. The van der Waals surface area contributed by atoms with Crippen molar-refractivity contribution in [2.24, 2.45) is 5.41 Å². The molecule has 9 nitrogen and oxygen atoms in total. The van der Waals surface area contributed by atoms with Crippen LogP contribution in [0.4, 0.5) is 10.5 Å². The zero-order chi connectivity index (χ0) is 27.5.